The minimum absolute atomic E-state index is 0.169. The van der Waals surface area contributed by atoms with Gasteiger partial charge in [0.05, 0.1) is 18.0 Å². The first kappa shape index (κ1) is 23.1. The minimum Gasteiger partial charge on any atom is -0.371 e. The molecule has 0 spiro atoms. The quantitative estimate of drug-likeness (QED) is 0.729. The van der Waals surface area contributed by atoms with Crippen LogP contribution in [0.1, 0.15) is 54.2 Å². The SMILES string of the molecule is Cc1c(C(=O)NC(C)c2ccc(N3CCCC(C)C3)cc2)cccc1N(C)S(C)(=O)=O. The molecule has 1 amide bonds. The smallest absolute Gasteiger partial charge is 0.252 e. The molecule has 168 valence electrons. The Labute approximate surface area is 186 Å². The summed E-state index contributed by atoms with van der Waals surface area (Å²) in [5, 5.41) is 3.04. The maximum Gasteiger partial charge on any atom is 0.252 e. The third kappa shape index (κ3) is 5.39. The molecule has 1 aliphatic heterocycles. The molecule has 1 heterocycles. The molecule has 2 unspecified atom stereocenters. The summed E-state index contributed by atoms with van der Waals surface area (Å²) in [6.45, 7) is 8.20. The molecule has 0 bridgehead atoms. The van der Waals surface area contributed by atoms with E-state index in [2.05, 4.69) is 41.4 Å². The number of carbonyl (C=O) groups is 1. The summed E-state index contributed by atoms with van der Waals surface area (Å²) >= 11 is 0. The second-order valence-electron chi connectivity index (χ2n) is 8.66. The molecule has 1 fully saturated rings. The average Bonchev–Trinajstić information content (AvgIpc) is 2.72. The van der Waals surface area contributed by atoms with Crippen molar-refractivity contribution in [1.82, 2.24) is 5.32 Å². The van der Waals surface area contributed by atoms with E-state index >= 15 is 0 Å². The lowest BCUT2D eigenvalue weighted by molar-refractivity contribution is 0.0939. The molecule has 0 saturated carbocycles. The van der Waals surface area contributed by atoms with Crippen molar-refractivity contribution in [3.63, 3.8) is 0 Å². The van der Waals surface area contributed by atoms with E-state index in [0.717, 1.165) is 24.9 Å². The highest BCUT2D eigenvalue weighted by molar-refractivity contribution is 7.92. The first-order chi connectivity index (χ1) is 14.6. The van der Waals surface area contributed by atoms with E-state index in [1.54, 1.807) is 25.1 Å². The Morgan fingerprint density at radius 2 is 1.87 bits per heavy atom. The standard InChI is InChI=1S/C24H33N3O3S/c1-17-8-7-15-27(16-17)21-13-11-20(12-14-21)19(3)25-24(28)22-9-6-10-23(18(22)2)26(4)31(5,29)30/h6,9-14,17,19H,7-8,15-16H2,1-5H3,(H,25,28). The number of hydrogen-bond acceptors (Lipinski definition) is 4. The van der Waals surface area contributed by atoms with Gasteiger partial charge in [-0.1, -0.05) is 25.1 Å². The molecule has 0 aliphatic carbocycles. The first-order valence-corrected chi connectivity index (χ1v) is 12.6. The number of hydrogen-bond donors (Lipinski definition) is 1. The Morgan fingerprint density at radius 1 is 1.19 bits per heavy atom. The highest BCUT2D eigenvalue weighted by Crippen LogP contribution is 2.26. The van der Waals surface area contributed by atoms with Crippen LogP contribution in [0.2, 0.25) is 0 Å². The van der Waals surface area contributed by atoms with E-state index in [9.17, 15) is 13.2 Å². The lowest BCUT2D eigenvalue weighted by Gasteiger charge is -2.33. The Morgan fingerprint density at radius 3 is 2.48 bits per heavy atom. The van der Waals surface area contributed by atoms with E-state index in [0.29, 0.717) is 22.7 Å². The average molecular weight is 444 g/mol. The van der Waals surface area contributed by atoms with Crippen LogP contribution in [0.15, 0.2) is 42.5 Å². The predicted molar refractivity (Wildman–Crippen MR) is 127 cm³/mol. The van der Waals surface area contributed by atoms with Crippen LogP contribution in [0, 0.1) is 12.8 Å². The number of anilines is 2. The van der Waals surface area contributed by atoms with Crippen LogP contribution in [0.25, 0.3) is 0 Å². The summed E-state index contributed by atoms with van der Waals surface area (Å²) in [6.07, 6.45) is 3.66. The molecule has 7 heteroatoms. The Bertz CT molecular complexity index is 1030. The monoisotopic (exact) mass is 443 g/mol. The number of carbonyl (C=O) groups excluding carboxylic acids is 1. The molecule has 2 atom stereocenters. The van der Waals surface area contributed by atoms with Crippen LogP contribution < -0.4 is 14.5 Å². The summed E-state index contributed by atoms with van der Waals surface area (Å²) in [4.78, 5) is 15.4. The van der Waals surface area contributed by atoms with Crippen LogP contribution in [-0.4, -0.2) is 40.7 Å². The molecule has 3 rings (SSSR count). The van der Waals surface area contributed by atoms with Gasteiger partial charge in [-0.05, 0) is 68.0 Å². The molecular weight excluding hydrogens is 410 g/mol. The number of sulfonamides is 1. The van der Waals surface area contributed by atoms with E-state index in [1.807, 2.05) is 6.92 Å². The Balaban J connectivity index is 1.72. The van der Waals surface area contributed by atoms with Crippen molar-refractivity contribution >= 4 is 27.3 Å². The number of benzene rings is 2. The van der Waals surface area contributed by atoms with Crippen molar-refractivity contribution in [1.29, 1.82) is 0 Å². The summed E-state index contributed by atoms with van der Waals surface area (Å²) < 4.78 is 25.0. The molecule has 0 aromatic heterocycles. The Kier molecular flexibility index (Phi) is 6.94. The first-order valence-electron chi connectivity index (χ1n) is 10.8. The number of nitrogens with zero attached hydrogens (tertiary/aromatic N) is 2. The van der Waals surface area contributed by atoms with Gasteiger partial charge < -0.3 is 10.2 Å². The maximum atomic E-state index is 12.9. The van der Waals surface area contributed by atoms with Crippen molar-refractivity contribution in [3.8, 4) is 0 Å². The van der Waals surface area contributed by atoms with Crippen molar-refractivity contribution < 1.29 is 13.2 Å². The second kappa shape index (κ2) is 9.30. The van der Waals surface area contributed by atoms with Gasteiger partial charge in [-0.3, -0.25) is 9.10 Å². The number of nitrogens with one attached hydrogen (secondary N) is 1. The fourth-order valence-corrected chi connectivity index (χ4v) is 4.70. The van der Waals surface area contributed by atoms with E-state index in [4.69, 9.17) is 0 Å². The van der Waals surface area contributed by atoms with Crippen molar-refractivity contribution in [2.45, 2.75) is 39.7 Å². The Hall–Kier alpha value is -2.54. The van der Waals surface area contributed by atoms with Gasteiger partial charge in [-0.15, -0.1) is 0 Å². The topological polar surface area (TPSA) is 69.7 Å². The molecule has 2 aromatic rings. The highest BCUT2D eigenvalue weighted by atomic mass is 32.2. The van der Waals surface area contributed by atoms with Gasteiger partial charge in [0, 0.05) is 31.4 Å². The molecule has 0 radical (unpaired) electrons. The van der Waals surface area contributed by atoms with E-state index < -0.39 is 10.0 Å². The molecule has 31 heavy (non-hydrogen) atoms. The normalized spacial score (nSPS) is 17.8. The van der Waals surface area contributed by atoms with Crippen molar-refractivity contribution in [3.05, 3.63) is 59.2 Å². The second-order valence-corrected chi connectivity index (χ2v) is 10.7. The largest absolute Gasteiger partial charge is 0.371 e. The third-order valence-electron chi connectivity index (χ3n) is 6.15. The fraction of sp³-hybridized carbons (Fsp3) is 0.458. The van der Waals surface area contributed by atoms with Gasteiger partial charge in [0.1, 0.15) is 0 Å². The van der Waals surface area contributed by atoms with Crippen molar-refractivity contribution in [2.24, 2.45) is 5.92 Å². The van der Waals surface area contributed by atoms with Crippen LogP contribution in [0.4, 0.5) is 11.4 Å². The lowest BCUT2D eigenvalue weighted by atomic mass is 9.99. The van der Waals surface area contributed by atoms with Crippen LogP contribution in [0.5, 0.6) is 0 Å². The van der Waals surface area contributed by atoms with Gasteiger partial charge in [0.25, 0.3) is 5.91 Å². The van der Waals surface area contributed by atoms with Gasteiger partial charge in [0.15, 0.2) is 0 Å². The number of piperidine rings is 1. The molecule has 2 aromatic carbocycles. The van der Waals surface area contributed by atoms with Gasteiger partial charge >= 0.3 is 0 Å². The summed E-state index contributed by atoms with van der Waals surface area (Å²) in [7, 11) is -1.91. The van der Waals surface area contributed by atoms with E-state index in [-0.39, 0.29) is 11.9 Å². The number of rotatable bonds is 6. The molecule has 1 N–H and O–H groups in total. The highest BCUT2D eigenvalue weighted by Gasteiger charge is 2.20. The lowest BCUT2D eigenvalue weighted by Crippen LogP contribution is -2.34. The minimum atomic E-state index is -3.41. The van der Waals surface area contributed by atoms with Crippen LogP contribution in [-0.2, 0) is 10.0 Å². The van der Waals surface area contributed by atoms with Crippen molar-refractivity contribution in [2.75, 3.05) is 35.6 Å². The molecule has 1 aliphatic rings. The van der Waals surface area contributed by atoms with Gasteiger partial charge in [-0.2, -0.15) is 0 Å². The summed E-state index contributed by atoms with van der Waals surface area (Å²) in [5.41, 5.74) is 3.86. The maximum absolute atomic E-state index is 12.9. The zero-order valence-corrected chi connectivity index (χ0v) is 19.9. The zero-order valence-electron chi connectivity index (χ0n) is 19.1. The van der Waals surface area contributed by atoms with Crippen LogP contribution >= 0.6 is 0 Å². The fourth-order valence-electron chi connectivity index (χ4n) is 4.14. The summed E-state index contributed by atoms with van der Waals surface area (Å²) in [6, 6.07) is 13.4. The predicted octanol–water partition coefficient (Wildman–Crippen LogP) is 4.12. The summed E-state index contributed by atoms with van der Waals surface area (Å²) in [5.74, 6) is 0.495. The van der Waals surface area contributed by atoms with E-state index in [1.165, 1.54) is 29.9 Å². The number of amides is 1. The molecule has 6 nitrogen and oxygen atoms in total. The molecule has 1 saturated heterocycles. The third-order valence-corrected chi connectivity index (χ3v) is 7.34. The zero-order chi connectivity index (χ0) is 22.8. The van der Waals surface area contributed by atoms with Crippen LogP contribution in [0.3, 0.4) is 0 Å². The van der Waals surface area contributed by atoms with Gasteiger partial charge in [0.2, 0.25) is 10.0 Å². The van der Waals surface area contributed by atoms with Gasteiger partial charge in [-0.25, -0.2) is 8.42 Å². The molecular formula is C24H33N3O3S.